The minimum absolute atomic E-state index is 0.232. The lowest BCUT2D eigenvalue weighted by Crippen LogP contribution is -1.89. The van der Waals surface area contributed by atoms with Gasteiger partial charge in [-0.25, -0.2) is 0 Å². The molecule has 0 aliphatic heterocycles. The number of benzene rings is 1. The lowest BCUT2D eigenvalue weighted by molar-refractivity contribution is -0.385. The molecule has 0 heterocycles. The highest BCUT2D eigenvalue weighted by Crippen LogP contribution is 2.26. The zero-order valence-corrected chi connectivity index (χ0v) is 8.19. The van der Waals surface area contributed by atoms with Gasteiger partial charge >= 0.3 is 5.69 Å². The van der Waals surface area contributed by atoms with Crippen molar-refractivity contribution in [3.63, 3.8) is 0 Å². The summed E-state index contributed by atoms with van der Waals surface area (Å²) in [6.07, 6.45) is 0. The van der Waals surface area contributed by atoms with Crippen LogP contribution in [0.2, 0.25) is 0 Å². The van der Waals surface area contributed by atoms with Crippen molar-refractivity contribution < 1.29 is 10.0 Å². The summed E-state index contributed by atoms with van der Waals surface area (Å²) in [6, 6.07) is 4.38. The zero-order chi connectivity index (χ0) is 9.14. The Kier molecular flexibility index (Phi) is 2.85. The molecule has 0 aliphatic rings. The molecule has 0 amide bonds. The molecule has 5 heteroatoms. The Hall–Kier alpha value is -0.850. The summed E-state index contributed by atoms with van der Waals surface area (Å²) < 4.78 is 0.693. The second kappa shape index (κ2) is 3.70. The van der Waals surface area contributed by atoms with E-state index in [1.807, 2.05) is 0 Å². The maximum atomic E-state index is 10.3. The van der Waals surface area contributed by atoms with Crippen LogP contribution in [0.3, 0.4) is 0 Å². The number of aromatic hydroxyl groups is 1. The van der Waals surface area contributed by atoms with Crippen molar-refractivity contribution in [2.24, 2.45) is 0 Å². The molecule has 0 fully saturated rings. The molecule has 1 aromatic carbocycles. The Balaban J connectivity index is 3.17. The number of phenolic OH excluding ortho intramolecular Hbond substituents is 1. The Morgan fingerprint density at radius 3 is 2.75 bits per heavy atom. The minimum Gasteiger partial charge on any atom is -0.502 e. The highest BCUT2D eigenvalue weighted by molar-refractivity contribution is 14.1. The first-order chi connectivity index (χ1) is 5.65. The fourth-order valence-corrected chi connectivity index (χ4v) is 1.27. The molecule has 64 valence electrons. The van der Waals surface area contributed by atoms with Crippen LogP contribution in [0.4, 0.5) is 5.69 Å². The van der Waals surface area contributed by atoms with Crippen LogP contribution in [0, 0.1) is 10.1 Å². The molecule has 1 aromatic rings. The van der Waals surface area contributed by atoms with E-state index in [1.54, 1.807) is 6.07 Å². The van der Waals surface area contributed by atoms with Crippen LogP contribution in [-0.2, 0) is 4.43 Å². The summed E-state index contributed by atoms with van der Waals surface area (Å²) in [5, 5.41) is 19.4. The quantitative estimate of drug-likeness (QED) is 0.391. The monoisotopic (exact) mass is 279 g/mol. The molecule has 0 unspecified atom stereocenters. The minimum atomic E-state index is -0.592. The Morgan fingerprint density at radius 1 is 1.58 bits per heavy atom. The number of nitro benzene ring substituents is 1. The van der Waals surface area contributed by atoms with E-state index in [4.69, 9.17) is 5.11 Å². The van der Waals surface area contributed by atoms with Gasteiger partial charge in [-0.2, -0.15) is 0 Å². The molecule has 1 N–H and O–H groups in total. The topological polar surface area (TPSA) is 63.4 Å². The predicted octanol–water partition coefficient (Wildman–Crippen LogP) is 2.24. The van der Waals surface area contributed by atoms with Crippen LogP contribution in [0.25, 0.3) is 0 Å². The first-order valence-electron chi connectivity index (χ1n) is 3.17. The maximum Gasteiger partial charge on any atom is 0.310 e. The summed E-state index contributed by atoms with van der Waals surface area (Å²) in [5.41, 5.74) is 0.601. The fraction of sp³-hybridized carbons (Fsp3) is 0.143. The molecular weight excluding hydrogens is 273 g/mol. The third-order valence-corrected chi connectivity index (χ3v) is 2.27. The molecule has 0 radical (unpaired) electrons. The van der Waals surface area contributed by atoms with Crippen LogP contribution < -0.4 is 0 Å². The number of halogens is 1. The van der Waals surface area contributed by atoms with E-state index in [-0.39, 0.29) is 11.4 Å². The van der Waals surface area contributed by atoms with E-state index in [0.717, 1.165) is 5.56 Å². The van der Waals surface area contributed by atoms with Crippen LogP contribution in [0.5, 0.6) is 5.75 Å². The highest BCUT2D eigenvalue weighted by Gasteiger charge is 2.12. The van der Waals surface area contributed by atoms with E-state index in [2.05, 4.69) is 22.6 Å². The van der Waals surface area contributed by atoms with Gasteiger partial charge in [0, 0.05) is 10.5 Å². The standard InChI is InChI=1S/C7H6INO3/c8-4-5-1-2-7(10)6(3-5)9(11)12/h1-3,10H,4H2. The van der Waals surface area contributed by atoms with Crippen molar-refractivity contribution in [2.75, 3.05) is 0 Å². The molecule has 0 spiro atoms. The van der Waals surface area contributed by atoms with Crippen LogP contribution in [-0.4, -0.2) is 10.0 Å². The fourth-order valence-electron chi connectivity index (χ4n) is 0.798. The second-order valence-corrected chi connectivity index (χ2v) is 2.98. The van der Waals surface area contributed by atoms with E-state index >= 15 is 0 Å². The molecule has 0 aliphatic carbocycles. The summed E-state index contributed by atoms with van der Waals surface area (Å²) in [7, 11) is 0. The number of phenols is 1. The average molecular weight is 279 g/mol. The Bertz CT molecular complexity index is 314. The molecule has 0 saturated carbocycles. The van der Waals surface area contributed by atoms with E-state index in [0.29, 0.717) is 4.43 Å². The number of rotatable bonds is 2. The van der Waals surface area contributed by atoms with Gasteiger partial charge in [-0.05, 0) is 11.6 Å². The zero-order valence-electron chi connectivity index (χ0n) is 6.03. The van der Waals surface area contributed by atoms with Crippen LogP contribution >= 0.6 is 22.6 Å². The van der Waals surface area contributed by atoms with Gasteiger partial charge in [0.1, 0.15) is 0 Å². The van der Waals surface area contributed by atoms with Crippen molar-refractivity contribution in [3.8, 4) is 5.75 Å². The van der Waals surface area contributed by atoms with Crippen LogP contribution in [0.1, 0.15) is 5.56 Å². The van der Waals surface area contributed by atoms with E-state index in [9.17, 15) is 10.1 Å². The lowest BCUT2D eigenvalue weighted by Gasteiger charge is -1.97. The first kappa shape index (κ1) is 9.24. The summed E-state index contributed by atoms with van der Waals surface area (Å²) >= 11 is 2.10. The molecule has 4 nitrogen and oxygen atoms in total. The van der Waals surface area contributed by atoms with E-state index in [1.165, 1.54) is 12.1 Å². The Labute approximate surface area is 82.5 Å². The average Bonchev–Trinajstić information content (AvgIpc) is 2.05. The molecule has 12 heavy (non-hydrogen) atoms. The van der Waals surface area contributed by atoms with Crippen molar-refractivity contribution in [3.05, 3.63) is 33.9 Å². The largest absolute Gasteiger partial charge is 0.502 e. The van der Waals surface area contributed by atoms with Gasteiger partial charge in [-0.1, -0.05) is 28.7 Å². The van der Waals surface area contributed by atoms with Gasteiger partial charge in [0.05, 0.1) is 4.92 Å². The lowest BCUT2D eigenvalue weighted by atomic mass is 10.2. The second-order valence-electron chi connectivity index (χ2n) is 2.21. The molecular formula is C7H6INO3. The van der Waals surface area contributed by atoms with Gasteiger partial charge in [-0.3, -0.25) is 10.1 Å². The third-order valence-electron chi connectivity index (χ3n) is 1.39. The molecule has 1 rings (SSSR count). The van der Waals surface area contributed by atoms with Crippen molar-refractivity contribution in [1.82, 2.24) is 0 Å². The number of alkyl halides is 1. The SMILES string of the molecule is O=[N+]([O-])c1cc(CI)ccc1O. The maximum absolute atomic E-state index is 10.3. The molecule has 0 aromatic heterocycles. The van der Waals surface area contributed by atoms with Crippen molar-refractivity contribution >= 4 is 28.3 Å². The summed E-state index contributed by atoms with van der Waals surface area (Å²) in [5.74, 6) is -0.284. The first-order valence-corrected chi connectivity index (χ1v) is 4.70. The number of nitro groups is 1. The number of hydrogen-bond acceptors (Lipinski definition) is 3. The van der Waals surface area contributed by atoms with Gasteiger partial charge in [0.15, 0.2) is 5.75 Å². The van der Waals surface area contributed by atoms with Gasteiger partial charge < -0.3 is 5.11 Å². The van der Waals surface area contributed by atoms with Crippen molar-refractivity contribution in [1.29, 1.82) is 0 Å². The van der Waals surface area contributed by atoms with Crippen molar-refractivity contribution in [2.45, 2.75) is 4.43 Å². The Morgan fingerprint density at radius 2 is 2.25 bits per heavy atom. The summed E-state index contributed by atoms with van der Waals surface area (Å²) in [4.78, 5) is 9.74. The van der Waals surface area contributed by atoms with Gasteiger partial charge in [-0.15, -0.1) is 0 Å². The normalized spacial score (nSPS) is 9.75. The summed E-state index contributed by atoms with van der Waals surface area (Å²) in [6.45, 7) is 0. The molecule has 0 bridgehead atoms. The highest BCUT2D eigenvalue weighted by atomic mass is 127. The van der Waals surface area contributed by atoms with Gasteiger partial charge in [0.25, 0.3) is 0 Å². The predicted molar refractivity (Wildman–Crippen MR) is 52.5 cm³/mol. The third kappa shape index (κ3) is 1.84. The van der Waals surface area contributed by atoms with Gasteiger partial charge in [0.2, 0.25) is 0 Å². The smallest absolute Gasteiger partial charge is 0.310 e. The molecule has 0 atom stereocenters. The number of nitrogens with zero attached hydrogens (tertiary/aromatic N) is 1. The van der Waals surface area contributed by atoms with Crippen LogP contribution in [0.15, 0.2) is 18.2 Å². The molecule has 0 saturated heterocycles. The van der Waals surface area contributed by atoms with E-state index < -0.39 is 4.92 Å². The number of hydrogen-bond donors (Lipinski definition) is 1.